The number of amides is 1. The summed E-state index contributed by atoms with van der Waals surface area (Å²) < 4.78 is 4.01. The molecule has 0 saturated heterocycles. The van der Waals surface area contributed by atoms with Gasteiger partial charge in [0.2, 0.25) is 11.0 Å². The van der Waals surface area contributed by atoms with Crippen LogP contribution in [-0.2, 0) is 4.79 Å². The maximum Gasteiger partial charge on any atom is 0.221 e. The Labute approximate surface area is 163 Å². The van der Waals surface area contributed by atoms with Crippen molar-refractivity contribution in [3.63, 3.8) is 0 Å². The monoisotopic (exact) mass is 394 g/mol. The first-order valence-electron chi connectivity index (χ1n) is 8.03. The molecule has 0 unspecified atom stereocenters. The van der Waals surface area contributed by atoms with Gasteiger partial charge in [-0.05, 0) is 48.2 Å². The minimum atomic E-state index is -0.0966. The third-order valence-electron chi connectivity index (χ3n) is 3.55. The van der Waals surface area contributed by atoms with Crippen LogP contribution in [-0.4, -0.2) is 25.2 Å². The summed E-state index contributed by atoms with van der Waals surface area (Å²) in [5.74, 6) is 0.593. The predicted molar refractivity (Wildman–Crippen MR) is 108 cm³/mol. The fourth-order valence-corrected chi connectivity index (χ4v) is 3.64. The Morgan fingerprint density at radius 1 is 1.07 bits per heavy atom. The molecule has 0 bridgehead atoms. The quantitative estimate of drug-likeness (QED) is 0.487. The second-order valence-electron chi connectivity index (χ2n) is 5.55. The zero-order valence-electron chi connectivity index (χ0n) is 14.2. The molecule has 2 aromatic heterocycles. The number of anilines is 3. The highest BCUT2D eigenvalue weighted by Crippen LogP contribution is 2.31. The van der Waals surface area contributed by atoms with Crippen LogP contribution in [0.3, 0.4) is 0 Å². The highest BCUT2D eigenvalue weighted by atomic mass is 32.2. The van der Waals surface area contributed by atoms with Crippen LogP contribution in [0.4, 0.5) is 16.6 Å². The third-order valence-corrected chi connectivity index (χ3v) is 5.01. The van der Waals surface area contributed by atoms with E-state index in [9.17, 15) is 4.79 Å². The van der Waals surface area contributed by atoms with Gasteiger partial charge in [0.05, 0.1) is 5.52 Å². The normalized spacial score (nSPS) is 10.7. The number of para-hydroxylation sites is 1. The van der Waals surface area contributed by atoms with Gasteiger partial charge in [0.1, 0.15) is 12.1 Å². The summed E-state index contributed by atoms with van der Waals surface area (Å²) in [6, 6.07) is 15.4. The average molecular weight is 394 g/mol. The number of hydrogen-bond donors (Lipinski definition) is 2. The third kappa shape index (κ3) is 4.21. The second kappa shape index (κ2) is 7.68. The standard InChI is InChI=1S/C18H14N6OS2/c1-11(25)21-12-6-8-13(9-7-12)26-18-22-15-5-3-2-4-14(15)16(24-18)23-17-19-10-20-27-17/h2-10H,1H3,(H,21,25)(H,19,20,22,23,24). The van der Waals surface area contributed by atoms with E-state index in [1.807, 2.05) is 48.5 Å². The molecule has 2 N–H and O–H groups in total. The molecule has 0 aliphatic carbocycles. The first-order valence-corrected chi connectivity index (χ1v) is 9.62. The molecule has 0 atom stereocenters. The van der Waals surface area contributed by atoms with Gasteiger partial charge in [-0.1, -0.05) is 12.1 Å². The number of rotatable bonds is 5. The number of nitrogens with one attached hydrogen (secondary N) is 2. The fraction of sp³-hybridized carbons (Fsp3) is 0.0556. The van der Waals surface area contributed by atoms with Crippen molar-refractivity contribution in [1.82, 2.24) is 19.3 Å². The molecule has 4 aromatic rings. The van der Waals surface area contributed by atoms with Gasteiger partial charge >= 0.3 is 0 Å². The van der Waals surface area contributed by atoms with E-state index in [1.165, 1.54) is 36.5 Å². The van der Waals surface area contributed by atoms with Crippen LogP contribution in [0, 0.1) is 0 Å². The Kier molecular flexibility index (Phi) is 4.95. The van der Waals surface area contributed by atoms with Crippen molar-refractivity contribution >= 4 is 56.7 Å². The summed E-state index contributed by atoms with van der Waals surface area (Å²) in [6.07, 6.45) is 1.50. The van der Waals surface area contributed by atoms with E-state index in [-0.39, 0.29) is 5.91 Å². The van der Waals surface area contributed by atoms with Gasteiger partial charge in [0, 0.05) is 34.4 Å². The van der Waals surface area contributed by atoms with Gasteiger partial charge in [0.25, 0.3) is 0 Å². The molecule has 0 spiro atoms. The van der Waals surface area contributed by atoms with Crippen molar-refractivity contribution in [2.24, 2.45) is 0 Å². The summed E-state index contributed by atoms with van der Waals surface area (Å²) in [5.41, 5.74) is 1.60. The van der Waals surface area contributed by atoms with Crippen molar-refractivity contribution in [2.75, 3.05) is 10.6 Å². The van der Waals surface area contributed by atoms with Gasteiger partial charge in [-0.3, -0.25) is 4.79 Å². The Bertz CT molecular complexity index is 1080. The molecule has 2 aromatic carbocycles. The van der Waals surface area contributed by atoms with Gasteiger partial charge in [-0.2, -0.15) is 4.37 Å². The van der Waals surface area contributed by atoms with E-state index < -0.39 is 0 Å². The lowest BCUT2D eigenvalue weighted by atomic mass is 10.2. The molecule has 1 amide bonds. The smallest absolute Gasteiger partial charge is 0.221 e. The summed E-state index contributed by atoms with van der Waals surface area (Å²) in [5, 5.41) is 8.18. The number of carbonyl (C=O) groups excluding carboxylic acids is 1. The topological polar surface area (TPSA) is 92.7 Å². The highest BCUT2D eigenvalue weighted by molar-refractivity contribution is 7.99. The largest absolute Gasteiger partial charge is 0.326 e. The first kappa shape index (κ1) is 17.4. The molecule has 0 aliphatic heterocycles. The van der Waals surface area contributed by atoms with E-state index in [1.54, 1.807) is 0 Å². The van der Waals surface area contributed by atoms with Crippen molar-refractivity contribution in [1.29, 1.82) is 0 Å². The summed E-state index contributed by atoms with van der Waals surface area (Å²) in [6.45, 7) is 1.48. The molecular weight excluding hydrogens is 380 g/mol. The number of carbonyl (C=O) groups is 1. The predicted octanol–water partition coefficient (Wildman–Crippen LogP) is 4.33. The Hall–Kier alpha value is -3.04. The average Bonchev–Trinajstić information content (AvgIpc) is 3.16. The molecule has 0 fully saturated rings. The van der Waals surface area contributed by atoms with Crippen LogP contribution in [0.1, 0.15) is 6.92 Å². The van der Waals surface area contributed by atoms with E-state index in [2.05, 4.69) is 30.0 Å². The molecule has 134 valence electrons. The lowest BCUT2D eigenvalue weighted by molar-refractivity contribution is -0.114. The first-order chi connectivity index (χ1) is 13.2. The Balaban J connectivity index is 1.64. The lowest BCUT2D eigenvalue weighted by Gasteiger charge is -2.09. The van der Waals surface area contributed by atoms with Crippen LogP contribution in [0.2, 0.25) is 0 Å². The van der Waals surface area contributed by atoms with E-state index in [4.69, 9.17) is 0 Å². The van der Waals surface area contributed by atoms with Gasteiger partial charge in [-0.25, -0.2) is 15.0 Å². The molecule has 0 radical (unpaired) electrons. The van der Waals surface area contributed by atoms with Gasteiger partial charge < -0.3 is 10.6 Å². The van der Waals surface area contributed by atoms with Crippen molar-refractivity contribution in [2.45, 2.75) is 17.0 Å². The van der Waals surface area contributed by atoms with Crippen LogP contribution in [0.25, 0.3) is 10.9 Å². The maximum absolute atomic E-state index is 11.1. The number of aromatic nitrogens is 4. The van der Waals surface area contributed by atoms with E-state index in [0.29, 0.717) is 16.1 Å². The van der Waals surface area contributed by atoms with Crippen molar-refractivity contribution in [3.8, 4) is 0 Å². The molecule has 9 heteroatoms. The highest BCUT2D eigenvalue weighted by Gasteiger charge is 2.10. The van der Waals surface area contributed by atoms with Crippen molar-refractivity contribution < 1.29 is 4.79 Å². The van der Waals surface area contributed by atoms with Gasteiger partial charge in [-0.15, -0.1) is 0 Å². The summed E-state index contributed by atoms with van der Waals surface area (Å²) in [7, 11) is 0. The Morgan fingerprint density at radius 2 is 1.89 bits per heavy atom. The van der Waals surface area contributed by atoms with Crippen LogP contribution >= 0.6 is 23.3 Å². The number of fused-ring (bicyclic) bond motifs is 1. The molecule has 0 aliphatic rings. The SMILES string of the molecule is CC(=O)Nc1ccc(Sc2nc(Nc3ncns3)c3ccccc3n2)cc1. The van der Waals surface area contributed by atoms with Crippen LogP contribution in [0.15, 0.2) is 64.9 Å². The fourth-order valence-electron chi connectivity index (χ4n) is 2.44. The zero-order valence-corrected chi connectivity index (χ0v) is 15.8. The molecule has 4 rings (SSSR count). The number of benzene rings is 2. The van der Waals surface area contributed by atoms with E-state index in [0.717, 1.165) is 21.5 Å². The summed E-state index contributed by atoms with van der Waals surface area (Å²) in [4.78, 5) is 25.6. The molecular formula is C18H14N6OS2. The second-order valence-corrected chi connectivity index (χ2v) is 7.37. The number of hydrogen-bond acceptors (Lipinski definition) is 8. The molecule has 27 heavy (non-hydrogen) atoms. The summed E-state index contributed by atoms with van der Waals surface area (Å²) >= 11 is 2.72. The molecule has 0 saturated carbocycles. The molecule has 2 heterocycles. The minimum Gasteiger partial charge on any atom is -0.326 e. The minimum absolute atomic E-state index is 0.0966. The van der Waals surface area contributed by atoms with Gasteiger partial charge in [0.15, 0.2) is 5.16 Å². The van der Waals surface area contributed by atoms with Crippen LogP contribution in [0.5, 0.6) is 0 Å². The lowest BCUT2D eigenvalue weighted by Crippen LogP contribution is -2.05. The maximum atomic E-state index is 11.1. The Morgan fingerprint density at radius 3 is 2.63 bits per heavy atom. The van der Waals surface area contributed by atoms with Crippen molar-refractivity contribution in [3.05, 3.63) is 54.9 Å². The van der Waals surface area contributed by atoms with E-state index >= 15 is 0 Å². The van der Waals surface area contributed by atoms with Crippen LogP contribution < -0.4 is 10.6 Å². The molecule has 7 nitrogen and oxygen atoms in total. The number of nitrogens with zero attached hydrogens (tertiary/aromatic N) is 4. The zero-order chi connectivity index (χ0) is 18.6.